The van der Waals surface area contributed by atoms with Crippen LogP contribution in [0, 0.1) is 5.41 Å². The number of benzene rings is 1. The van der Waals surface area contributed by atoms with Gasteiger partial charge in [-0.1, -0.05) is 26.8 Å². The Morgan fingerprint density at radius 2 is 2.05 bits per heavy atom. The lowest BCUT2D eigenvalue weighted by Crippen LogP contribution is -2.10. The number of hydrogen-bond acceptors (Lipinski definition) is 4. The topological polar surface area (TPSA) is 67.8 Å². The normalized spacial score (nSPS) is 12.6. The molecule has 0 saturated heterocycles. The third-order valence-corrected chi connectivity index (χ3v) is 2.57. The molecule has 0 bridgehead atoms. The minimum absolute atomic E-state index is 0.111. The molecule has 0 aliphatic carbocycles. The van der Waals surface area contributed by atoms with E-state index in [0.717, 1.165) is 6.26 Å². The van der Waals surface area contributed by atoms with E-state index in [0.29, 0.717) is 18.0 Å². The quantitative estimate of drug-likeness (QED) is 0.667. The molecule has 5 nitrogen and oxygen atoms in total. The van der Waals surface area contributed by atoms with Crippen LogP contribution in [0.5, 0.6) is 5.75 Å². The molecule has 1 rings (SSSR count). The van der Waals surface area contributed by atoms with Gasteiger partial charge in [0.05, 0.1) is 11.9 Å². The first-order valence-corrected chi connectivity index (χ1v) is 7.78. The summed E-state index contributed by atoms with van der Waals surface area (Å²) in [5.41, 5.74) is 0.573. The van der Waals surface area contributed by atoms with Crippen LogP contribution in [0.3, 0.4) is 0 Å². The molecule has 0 fully saturated rings. The second kappa shape index (κ2) is 6.06. The lowest BCUT2D eigenvalue weighted by molar-refractivity contribution is 0.425. The molecule has 0 radical (unpaired) electrons. The van der Waals surface area contributed by atoms with Gasteiger partial charge >= 0.3 is 0 Å². The Labute approximate surface area is 114 Å². The van der Waals surface area contributed by atoms with Crippen LogP contribution in [0.4, 0.5) is 5.69 Å². The molecule has 1 N–H and O–H groups in total. The van der Waals surface area contributed by atoms with Gasteiger partial charge in [0, 0.05) is 12.6 Å². The summed E-state index contributed by atoms with van der Waals surface area (Å²) < 4.78 is 29.9. The highest BCUT2D eigenvalue weighted by molar-refractivity contribution is 7.92. The largest absolute Gasteiger partial charge is 0.446 e. The van der Waals surface area contributed by atoms with E-state index in [1.165, 1.54) is 6.40 Å². The molecule has 0 unspecified atom stereocenters. The predicted molar refractivity (Wildman–Crippen MR) is 78.4 cm³/mol. The molecule has 106 valence electrons. The van der Waals surface area contributed by atoms with Gasteiger partial charge in [0.15, 0.2) is 6.40 Å². The summed E-state index contributed by atoms with van der Waals surface area (Å²) in [5, 5.41) is 0. The maximum Gasteiger partial charge on any atom is 0.229 e. The summed E-state index contributed by atoms with van der Waals surface area (Å²) in [6.45, 7) is 6.91. The maximum atomic E-state index is 11.1. The molecule has 19 heavy (non-hydrogen) atoms. The monoisotopic (exact) mass is 284 g/mol. The number of rotatable bonds is 5. The third kappa shape index (κ3) is 7.46. The minimum atomic E-state index is -3.28. The minimum Gasteiger partial charge on any atom is -0.446 e. The lowest BCUT2D eigenvalue weighted by atomic mass is 9.98. The van der Waals surface area contributed by atoms with Crippen LogP contribution in [0.15, 0.2) is 29.3 Å². The maximum absolute atomic E-state index is 11.1. The van der Waals surface area contributed by atoms with Gasteiger partial charge in [-0.3, -0.25) is 9.71 Å². The van der Waals surface area contributed by atoms with Gasteiger partial charge in [0.2, 0.25) is 10.0 Å². The smallest absolute Gasteiger partial charge is 0.229 e. The average molecular weight is 284 g/mol. The van der Waals surface area contributed by atoms with Crippen molar-refractivity contribution >= 4 is 22.1 Å². The highest BCUT2D eigenvalue weighted by atomic mass is 32.2. The van der Waals surface area contributed by atoms with E-state index in [2.05, 4.69) is 30.5 Å². The molecular formula is C13H20N2O3S. The number of aliphatic imine (C=N–C) groups is 1. The van der Waals surface area contributed by atoms with E-state index in [1.807, 2.05) is 0 Å². The molecule has 0 aromatic heterocycles. The van der Waals surface area contributed by atoms with Crippen LogP contribution in [-0.4, -0.2) is 27.6 Å². The lowest BCUT2D eigenvalue weighted by Gasteiger charge is -2.13. The van der Waals surface area contributed by atoms with Crippen molar-refractivity contribution in [3.8, 4) is 5.75 Å². The van der Waals surface area contributed by atoms with E-state index < -0.39 is 10.0 Å². The summed E-state index contributed by atoms with van der Waals surface area (Å²) in [5.74, 6) is 0.534. The van der Waals surface area contributed by atoms with E-state index in [9.17, 15) is 8.42 Å². The summed E-state index contributed by atoms with van der Waals surface area (Å²) in [6, 6.07) is 6.70. The number of nitrogens with one attached hydrogen (secondary N) is 1. The van der Waals surface area contributed by atoms with Crippen molar-refractivity contribution in [3.63, 3.8) is 0 Å². The van der Waals surface area contributed by atoms with Crippen molar-refractivity contribution in [2.75, 3.05) is 17.5 Å². The van der Waals surface area contributed by atoms with Gasteiger partial charge in [-0.25, -0.2) is 8.42 Å². The van der Waals surface area contributed by atoms with Crippen molar-refractivity contribution in [2.24, 2.45) is 10.4 Å². The van der Waals surface area contributed by atoms with Crippen molar-refractivity contribution in [1.82, 2.24) is 0 Å². The van der Waals surface area contributed by atoms with E-state index >= 15 is 0 Å². The molecule has 0 atom stereocenters. The fourth-order valence-electron chi connectivity index (χ4n) is 1.26. The number of hydrogen-bond donors (Lipinski definition) is 1. The molecule has 0 saturated carbocycles. The zero-order valence-corrected chi connectivity index (χ0v) is 12.5. The third-order valence-electron chi connectivity index (χ3n) is 1.97. The van der Waals surface area contributed by atoms with Crippen molar-refractivity contribution < 1.29 is 13.2 Å². The second-order valence-corrected chi connectivity index (χ2v) is 7.28. The standard InChI is InChI=1S/C13H20N2O3S/c1-13(2,3)9-14-10-18-12-7-5-6-11(8-12)15-19(4,16)17/h5-8,10,15H,9H2,1-4H3. The molecule has 1 aromatic rings. The Kier molecular flexibility index (Phi) is 4.94. The fraction of sp³-hybridized carbons (Fsp3) is 0.462. The van der Waals surface area contributed by atoms with Crippen molar-refractivity contribution in [2.45, 2.75) is 20.8 Å². The first-order valence-electron chi connectivity index (χ1n) is 5.88. The molecule has 6 heteroatoms. The summed E-state index contributed by atoms with van der Waals surface area (Å²) in [4.78, 5) is 4.16. The van der Waals surface area contributed by atoms with Gasteiger partial charge in [-0.15, -0.1) is 0 Å². The van der Waals surface area contributed by atoms with Gasteiger partial charge in [0.25, 0.3) is 0 Å². The Hall–Kier alpha value is -1.56. The van der Waals surface area contributed by atoms with Crippen molar-refractivity contribution in [3.05, 3.63) is 24.3 Å². The molecule has 1 aromatic carbocycles. The zero-order chi connectivity index (χ0) is 14.5. The summed E-state index contributed by atoms with van der Waals surface area (Å²) >= 11 is 0. The molecule has 0 spiro atoms. The van der Waals surface area contributed by atoms with Crippen molar-refractivity contribution in [1.29, 1.82) is 0 Å². The van der Waals surface area contributed by atoms with Crippen LogP contribution in [0.2, 0.25) is 0 Å². The Balaban J connectivity index is 2.63. The van der Waals surface area contributed by atoms with Crippen LogP contribution in [-0.2, 0) is 10.0 Å². The fourth-order valence-corrected chi connectivity index (χ4v) is 1.81. The number of sulfonamides is 1. The molecule has 0 aliphatic rings. The van der Waals surface area contributed by atoms with E-state index in [1.54, 1.807) is 24.3 Å². The SMILES string of the molecule is CC(C)(C)CN=COc1cccc(NS(C)(=O)=O)c1. The van der Waals surface area contributed by atoms with Gasteiger partial charge in [-0.2, -0.15) is 0 Å². The van der Waals surface area contributed by atoms with Crippen LogP contribution in [0.25, 0.3) is 0 Å². The number of nitrogens with zero attached hydrogens (tertiary/aromatic N) is 1. The highest BCUT2D eigenvalue weighted by Crippen LogP contribution is 2.18. The predicted octanol–water partition coefficient (Wildman–Crippen LogP) is 2.51. The first kappa shape index (κ1) is 15.5. The van der Waals surface area contributed by atoms with Gasteiger partial charge < -0.3 is 4.74 Å². The number of ether oxygens (including phenoxy) is 1. The van der Waals surface area contributed by atoms with E-state index in [4.69, 9.17) is 4.74 Å². The average Bonchev–Trinajstić information content (AvgIpc) is 2.21. The summed E-state index contributed by atoms with van der Waals surface area (Å²) in [7, 11) is -3.28. The molecule has 0 amide bonds. The highest BCUT2D eigenvalue weighted by Gasteiger charge is 2.07. The van der Waals surface area contributed by atoms with Crippen LogP contribution >= 0.6 is 0 Å². The second-order valence-electron chi connectivity index (χ2n) is 5.53. The zero-order valence-electron chi connectivity index (χ0n) is 11.7. The molecular weight excluding hydrogens is 264 g/mol. The Morgan fingerprint density at radius 1 is 1.37 bits per heavy atom. The molecule has 0 aliphatic heterocycles. The van der Waals surface area contributed by atoms with Gasteiger partial charge in [0.1, 0.15) is 5.75 Å². The summed E-state index contributed by atoms with van der Waals surface area (Å²) in [6.07, 6.45) is 2.48. The van der Waals surface area contributed by atoms with Crippen LogP contribution in [0.1, 0.15) is 20.8 Å². The Morgan fingerprint density at radius 3 is 2.63 bits per heavy atom. The molecule has 0 heterocycles. The first-order chi connectivity index (χ1) is 8.66. The number of anilines is 1. The van der Waals surface area contributed by atoms with Gasteiger partial charge in [-0.05, 0) is 17.5 Å². The van der Waals surface area contributed by atoms with E-state index in [-0.39, 0.29) is 5.41 Å². The Bertz CT molecular complexity index is 545. The van der Waals surface area contributed by atoms with Crippen LogP contribution < -0.4 is 9.46 Å².